The number of rotatable bonds is 3. The van der Waals surface area contributed by atoms with Gasteiger partial charge in [0.05, 0.1) is 16.4 Å². The van der Waals surface area contributed by atoms with Gasteiger partial charge in [0.2, 0.25) is 0 Å². The summed E-state index contributed by atoms with van der Waals surface area (Å²) in [6.45, 7) is 10.8. The Morgan fingerprint density at radius 1 is 1.23 bits per heavy atom. The molecule has 6 aliphatic rings. The molecule has 39 heavy (non-hydrogen) atoms. The monoisotopic (exact) mass is 562 g/mol. The highest BCUT2D eigenvalue weighted by Crippen LogP contribution is 2.78. The van der Waals surface area contributed by atoms with Crippen molar-refractivity contribution >= 4 is 29.3 Å². The first-order valence-electron chi connectivity index (χ1n) is 14.1. The van der Waals surface area contributed by atoms with Gasteiger partial charge in [0.1, 0.15) is 23.4 Å². The number of ketones is 1. The fourth-order valence-corrected chi connectivity index (χ4v) is 10.2. The third-order valence-corrected chi connectivity index (χ3v) is 13.0. The van der Waals surface area contributed by atoms with Gasteiger partial charge in [-0.2, -0.15) is 0 Å². The summed E-state index contributed by atoms with van der Waals surface area (Å²) in [6.07, 6.45) is 2.32. The SMILES string of the molecule is CC(=O)O[C@H]1[C@@H]2O[C@]2([C@H](C)[C@H]2CC(C)=C(C)C(=O)O2)[C@@]2(C)CC[C@H]3[C@@H](C[C@@H](O)[C@@]4(Cl)CC=CC(=O)[C@]34C)[C@]12O. The number of hydrogen-bond acceptors (Lipinski definition) is 8. The maximum atomic E-state index is 13.5. The Morgan fingerprint density at radius 3 is 2.56 bits per heavy atom. The molecule has 1 saturated heterocycles. The Labute approximate surface area is 234 Å². The molecule has 9 heteroatoms. The molecule has 0 aromatic carbocycles. The number of halogens is 1. The molecule has 0 bridgehead atoms. The number of alkyl halides is 1. The number of allylic oxidation sites excluding steroid dienone is 2. The third-order valence-electron chi connectivity index (χ3n) is 12.2. The van der Waals surface area contributed by atoms with Crippen molar-refractivity contribution in [3.63, 3.8) is 0 Å². The van der Waals surface area contributed by atoms with Crippen molar-refractivity contribution in [2.24, 2.45) is 28.6 Å². The minimum atomic E-state index is -1.60. The van der Waals surface area contributed by atoms with Crippen molar-refractivity contribution in [1.29, 1.82) is 0 Å². The molecule has 3 saturated carbocycles. The van der Waals surface area contributed by atoms with Gasteiger partial charge in [-0.3, -0.25) is 9.59 Å². The predicted molar refractivity (Wildman–Crippen MR) is 141 cm³/mol. The zero-order valence-corrected chi connectivity index (χ0v) is 24.2. The van der Waals surface area contributed by atoms with Crippen LogP contribution in [0.25, 0.3) is 0 Å². The summed E-state index contributed by atoms with van der Waals surface area (Å²) in [6, 6.07) is 0. The van der Waals surface area contributed by atoms with Gasteiger partial charge in [0.15, 0.2) is 11.9 Å². The first-order valence-corrected chi connectivity index (χ1v) is 14.5. The van der Waals surface area contributed by atoms with E-state index in [2.05, 4.69) is 0 Å². The average molecular weight is 563 g/mol. The Kier molecular flexibility index (Phi) is 5.75. The molecule has 2 N–H and O–H groups in total. The normalized spacial score (nSPS) is 52.7. The quantitative estimate of drug-likeness (QED) is 0.305. The maximum absolute atomic E-state index is 13.5. The fraction of sp³-hybridized carbons (Fsp3) is 0.767. The lowest BCUT2D eigenvalue weighted by Crippen LogP contribution is -2.74. The van der Waals surface area contributed by atoms with E-state index in [1.807, 2.05) is 27.7 Å². The molecule has 8 nitrogen and oxygen atoms in total. The summed E-state index contributed by atoms with van der Waals surface area (Å²) in [5.41, 5.74) is -2.95. The second kappa shape index (κ2) is 8.17. The minimum absolute atomic E-state index is 0.150. The first kappa shape index (κ1) is 27.4. The summed E-state index contributed by atoms with van der Waals surface area (Å²) in [7, 11) is 0. The van der Waals surface area contributed by atoms with Crippen LogP contribution in [0, 0.1) is 28.6 Å². The number of carbonyl (C=O) groups is 3. The molecule has 0 unspecified atom stereocenters. The van der Waals surface area contributed by atoms with Crippen LogP contribution in [-0.4, -0.2) is 68.4 Å². The third kappa shape index (κ3) is 2.99. The van der Waals surface area contributed by atoms with Crippen molar-refractivity contribution in [1.82, 2.24) is 0 Å². The maximum Gasteiger partial charge on any atom is 0.333 e. The number of ether oxygens (including phenoxy) is 3. The lowest BCUT2D eigenvalue weighted by atomic mass is 9.42. The number of cyclic esters (lactones) is 1. The van der Waals surface area contributed by atoms with Crippen LogP contribution in [0.1, 0.15) is 73.6 Å². The van der Waals surface area contributed by atoms with Crippen molar-refractivity contribution in [3.05, 3.63) is 23.3 Å². The van der Waals surface area contributed by atoms with Gasteiger partial charge in [0, 0.05) is 30.3 Å². The lowest BCUT2D eigenvalue weighted by Gasteiger charge is -2.66. The van der Waals surface area contributed by atoms with Crippen molar-refractivity contribution in [3.8, 4) is 0 Å². The molecule has 0 spiro atoms. The number of hydrogen-bond donors (Lipinski definition) is 2. The predicted octanol–water partition coefficient (Wildman–Crippen LogP) is 3.40. The van der Waals surface area contributed by atoms with Gasteiger partial charge in [-0.1, -0.05) is 32.4 Å². The van der Waals surface area contributed by atoms with Gasteiger partial charge in [0.25, 0.3) is 0 Å². The van der Waals surface area contributed by atoms with Gasteiger partial charge in [-0.15, -0.1) is 11.6 Å². The molecule has 4 fully saturated rings. The van der Waals surface area contributed by atoms with Crippen LogP contribution >= 0.6 is 11.6 Å². The zero-order valence-electron chi connectivity index (χ0n) is 23.5. The molecular formula is C30H39ClO8. The smallest absolute Gasteiger partial charge is 0.333 e. The molecule has 6 rings (SSSR count). The molecule has 0 aromatic heterocycles. The van der Waals surface area contributed by atoms with E-state index < -0.39 is 63.2 Å². The highest BCUT2D eigenvalue weighted by Gasteiger charge is 2.90. The number of aliphatic hydroxyl groups excluding tert-OH is 1. The van der Waals surface area contributed by atoms with Crippen LogP contribution in [0.2, 0.25) is 0 Å². The Hall–Kier alpha value is -1.74. The minimum Gasteiger partial charge on any atom is -0.458 e. The standard InChI is InChI=1S/C30H39ClO8/c1-14-12-20(38-25(35)15(14)2)16(3)30-24(39-30)23(37-17(4)32)29(36)19-13-22(34)28(31)10-7-8-21(33)27(28,6)18(19)9-11-26(29,30)5/h7-8,16,18-20,22-24,34,36H,9-13H2,1-6H3/t16-,18+,19-,20-,22-,23+,24+,26+,27+,28+,29+,30+/m1/s1. The van der Waals surface area contributed by atoms with E-state index in [0.717, 1.165) is 5.57 Å². The number of esters is 2. The highest BCUT2D eigenvalue weighted by atomic mass is 35.5. The topological polar surface area (TPSA) is 123 Å². The van der Waals surface area contributed by atoms with E-state index in [1.54, 1.807) is 19.1 Å². The second-order valence-corrected chi connectivity index (χ2v) is 14.1. The highest BCUT2D eigenvalue weighted by molar-refractivity contribution is 6.28. The van der Waals surface area contributed by atoms with E-state index in [1.165, 1.54) is 6.92 Å². The molecule has 214 valence electrons. The van der Waals surface area contributed by atoms with Crippen LogP contribution in [0.3, 0.4) is 0 Å². The lowest BCUT2D eigenvalue weighted by molar-refractivity contribution is -0.270. The summed E-state index contributed by atoms with van der Waals surface area (Å²) >= 11 is 7.12. The van der Waals surface area contributed by atoms with Crippen molar-refractivity contribution in [2.75, 3.05) is 0 Å². The Bertz CT molecular complexity index is 1230. The Balaban J connectivity index is 1.45. The molecule has 2 aliphatic heterocycles. The molecule has 0 radical (unpaired) electrons. The number of epoxide rings is 1. The van der Waals surface area contributed by atoms with Crippen LogP contribution < -0.4 is 0 Å². The van der Waals surface area contributed by atoms with Gasteiger partial charge >= 0.3 is 11.9 Å². The average Bonchev–Trinajstić information content (AvgIpc) is 3.59. The molecule has 4 aliphatic carbocycles. The summed E-state index contributed by atoms with van der Waals surface area (Å²) in [5.74, 6) is -2.25. The van der Waals surface area contributed by atoms with Gasteiger partial charge in [-0.05, 0) is 57.4 Å². The number of aliphatic hydroxyl groups is 2. The number of fused-ring (bicyclic) bond motifs is 7. The second-order valence-electron chi connectivity index (χ2n) is 13.4. The summed E-state index contributed by atoms with van der Waals surface area (Å²) in [4.78, 5) is 37.4. The van der Waals surface area contributed by atoms with Crippen LogP contribution in [0.4, 0.5) is 0 Å². The van der Waals surface area contributed by atoms with Gasteiger partial charge < -0.3 is 24.4 Å². The molecule has 12 atom stereocenters. The van der Waals surface area contributed by atoms with Crippen LogP contribution in [-0.2, 0) is 28.6 Å². The summed E-state index contributed by atoms with van der Waals surface area (Å²) in [5, 5.41) is 24.4. The van der Waals surface area contributed by atoms with Crippen molar-refractivity contribution < 1.29 is 38.8 Å². The van der Waals surface area contributed by atoms with Gasteiger partial charge in [-0.25, -0.2) is 4.79 Å². The fourth-order valence-electron chi connectivity index (χ4n) is 9.75. The van der Waals surface area contributed by atoms with E-state index in [9.17, 15) is 24.6 Å². The molecular weight excluding hydrogens is 524 g/mol. The Morgan fingerprint density at radius 2 is 1.92 bits per heavy atom. The molecule has 2 heterocycles. The summed E-state index contributed by atoms with van der Waals surface area (Å²) < 4.78 is 18.2. The number of carbonyl (C=O) groups excluding carboxylic acids is 3. The van der Waals surface area contributed by atoms with E-state index in [0.29, 0.717) is 31.3 Å². The largest absolute Gasteiger partial charge is 0.458 e. The van der Waals surface area contributed by atoms with Crippen LogP contribution in [0.5, 0.6) is 0 Å². The van der Waals surface area contributed by atoms with Crippen LogP contribution in [0.15, 0.2) is 23.3 Å². The first-order chi connectivity index (χ1) is 18.1. The molecule has 0 aromatic rings. The molecule has 0 amide bonds. The van der Waals surface area contributed by atoms with E-state index >= 15 is 0 Å². The zero-order chi connectivity index (χ0) is 28.5. The van der Waals surface area contributed by atoms with E-state index in [-0.39, 0.29) is 30.0 Å². The van der Waals surface area contributed by atoms with Crippen molar-refractivity contribution in [2.45, 2.75) is 114 Å². The van der Waals surface area contributed by atoms with E-state index in [4.69, 9.17) is 25.8 Å².